The second-order valence-electron chi connectivity index (χ2n) is 6.97. The smallest absolute Gasteiger partial charge is 0.191 e. The first kappa shape index (κ1) is 22.1. The summed E-state index contributed by atoms with van der Waals surface area (Å²) in [6, 6.07) is 0.318. The highest BCUT2D eigenvalue weighted by molar-refractivity contribution is 14.0. The van der Waals surface area contributed by atoms with E-state index in [1.807, 2.05) is 4.68 Å². The minimum absolute atomic E-state index is 0. The molecule has 8 heteroatoms. The van der Waals surface area contributed by atoms with Crippen LogP contribution >= 0.6 is 24.0 Å². The highest BCUT2D eigenvalue weighted by Gasteiger charge is 2.20. The summed E-state index contributed by atoms with van der Waals surface area (Å²) in [5.74, 6) is 2.97. The van der Waals surface area contributed by atoms with Crippen LogP contribution in [0.2, 0.25) is 0 Å². The van der Waals surface area contributed by atoms with Gasteiger partial charge in [0.15, 0.2) is 5.96 Å². The molecule has 1 aliphatic rings. The van der Waals surface area contributed by atoms with Crippen LogP contribution in [0, 0.1) is 11.8 Å². The summed E-state index contributed by atoms with van der Waals surface area (Å²) >= 11 is 0. The topological polar surface area (TPSA) is 87.4 Å². The Morgan fingerprint density at radius 1 is 1.48 bits per heavy atom. The van der Waals surface area contributed by atoms with Crippen molar-refractivity contribution < 1.29 is 5.11 Å². The average molecular weight is 464 g/mol. The van der Waals surface area contributed by atoms with Gasteiger partial charge in [-0.3, -0.25) is 4.99 Å². The monoisotopic (exact) mass is 464 g/mol. The van der Waals surface area contributed by atoms with Gasteiger partial charge in [0.05, 0.1) is 6.54 Å². The Bertz CT molecular complexity index is 519. The van der Waals surface area contributed by atoms with Crippen molar-refractivity contribution in [2.75, 3.05) is 19.7 Å². The Balaban J connectivity index is 0.00000312. The second-order valence-corrected chi connectivity index (χ2v) is 6.97. The molecule has 3 N–H and O–H groups in total. The van der Waals surface area contributed by atoms with E-state index in [2.05, 4.69) is 41.5 Å². The number of rotatable bonds is 8. The number of fused-ring (bicyclic) bond motifs is 1. The van der Waals surface area contributed by atoms with Crippen molar-refractivity contribution in [2.45, 2.75) is 59.0 Å². The van der Waals surface area contributed by atoms with Crippen LogP contribution in [0.1, 0.15) is 45.9 Å². The lowest BCUT2D eigenvalue weighted by atomic mass is 9.94. The largest absolute Gasteiger partial charge is 0.396 e. The number of aliphatic hydroxyl groups excluding tert-OH is 1. The van der Waals surface area contributed by atoms with Gasteiger partial charge in [0.1, 0.15) is 12.2 Å². The molecule has 2 rings (SSSR count). The molecule has 2 atom stereocenters. The van der Waals surface area contributed by atoms with E-state index in [0.717, 1.165) is 57.1 Å². The summed E-state index contributed by atoms with van der Waals surface area (Å²) in [5.41, 5.74) is 0. The zero-order chi connectivity index (χ0) is 17.4. The predicted molar refractivity (Wildman–Crippen MR) is 111 cm³/mol. The molecule has 0 fully saturated rings. The third-order valence-electron chi connectivity index (χ3n) is 4.34. The van der Waals surface area contributed by atoms with Gasteiger partial charge in [-0.25, -0.2) is 9.67 Å². The lowest BCUT2D eigenvalue weighted by molar-refractivity contribution is 0.245. The van der Waals surface area contributed by atoms with Gasteiger partial charge in [-0.2, -0.15) is 5.10 Å². The van der Waals surface area contributed by atoms with Gasteiger partial charge in [0.25, 0.3) is 0 Å². The molecule has 144 valence electrons. The maximum atomic E-state index is 9.26. The third-order valence-corrected chi connectivity index (χ3v) is 4.34. The normalized spacial score (nSPS) is 18.4. The van der Waals surface area contributed by atoms with Crippen molar-refractivity contribution in [3.63, 3.8) is 0 Å². The van der Waals surface area contributed by atoms with Crippen LogP contribution in [0.4, 0.5) is 0 Å². The highest BCUT2D eigenvalue weighted by atomic mass is 127. The van der Waals surface area contributed by atoms with E-state index in [-0.39, 0.29) is 30.6 Å². The summed E-state index contributed by atoms with van der Waals surface area (Å²) in [4.78, 5) is 9.03. The van der Waals surface area contributed by atoms with E-state index in [1.54, 1.807) is 6.33 Å². The summed E-state index contributed by atoms with van der Waals surface area (Å²) < 4.78 is 1.97. The third kappa shape index (κ3) is 7.47. The molecule has 0 spiro atoms. The standard InChI is InChI=1S/C17H32N6O.HI/c1-4-18-17(19-10-14(7-8-24)9-13(2)3)22-15-5-6-16-20-12-21-23(16)11-15;/h12-15,24H,4-11H2,1-3H3,(H2,18,19,22);1H. The fourth-order valence-corrected chi connectivity index (χ4v) is 3.22. The minimum Gasteiger partial charge on any atom is -0.396 e. The second kappa shape index (κ2) is 11.7. The number of nitrogens with zero attached hydrogens (tertiary/aromatic N) is 4. The molecule has 1 aromatic heterocycles. The molecular formula is C17H33IN6O. The first-order chi connectivity index (χ1) is 11.6. The molecule has 0 aliphatic carbocycles. The molecule has 1 aromatic rings. The molecule has 0 saturated heterocycles. The van der Waals surface area contributed by atoms with Gasteiger partial charge >= 0.3 is 0 Å². The van der Waals surface area contributed by atoms with Crippen LogP contribution < -0.4 is 10.6 Å². The maximum absolute atomic E-state index is 9.26. The molecule has 0 bridgehead atoms. The summed E-state index contributed by atoms with van der Waals surface area (Å²) in [6.07, 6.45) is 5.51. The van der Waals surface area contributed by atoms with E-state index in [1.165, 1.54) is 0 Å². The van der Waals surface area contributed by atoms with Crippen LogP contribution in [-0.4, -0.2) is 51.6 Å². The van der Waals surface area contributed by atoms with Crippen molar-refractivity contribution in [1.29, 1.82) is 0 Å². The first-order valence-electron chi connectivity index (χ1n) is 9.14. The van der Waals surface area contributed by atoms with Crippen molar-refractivity contribution in [3.05, 3.63) is 12.2 Å². The fraction of sp³-hybridized carbons (Fsp3) is 0.824. The molecule has 25 heavy (non-hydrogen) atoms. The molecule has 0 aromatic carbocycles. The number of aryl methyl sites for hydroxylation is 1. The Kier molecular flexibility index (Phi) is 10.3. The van der Waals surface area contributed by atoms with Crippen LogP contribution in [0.3, 0.4) is 0 Å². The van der Waals surface area contributed by atoms with Crippen molar-refractivity contribution in [1.82, 2.24) is 25.4 Å². The SMILES string of the molecule is CCNC(=NCC(CCO)CC(C)C)NC1CCc2ncnn2C1.I. The lowest BCUT2D eigenvalue weighted by Gasteiger charge is -2.26. The van der Waals surface area contributed by atoms with E-state index >= 15 is 0 Å². The number of nitrogens with one attached hydrogen (secondary N) is 2. The number of hydrogen-bond donors (Lipinski definition) is 3. The Morgan fingerprint density at radius 3 is 2.96 bits per heavy atom. The van der Waals surface area contributed by atoms with Gasteiger partial charge < -0.3 is 15.7 Å². The molecule has 7 nitrogen and oxygen atoms in total. The lowest BCUT2D eigenvalue weighted by Crippen LogP contribution is -2.47. The molecular weight excluding hydrogens is 431 g/mol. The van der Waals surface area contributed by atoms with Crippen molar-refractivity contribution in [3.8, 4) is 0 Å². The van der Waals surface area contributed by atoms with Crippen LogP contribution in [0.25, 0.3) is 0 Å². The van der Waals surface area contributed by atoms with Crippen LogP contribution in [0.5, 0.6) is 0 Å². The van der Waals surface area contributed by atoms with Crippen LogP contribution in [-0.2, 0) is 13.0 Å². The Hall–Kier alpha value is -0.900. The van der Waals surface area contributed by atoms with Crippen molar-refractivity contribution in [2.24, 2.45) is 16.8 Å². The summed E-state index contributed by atoms with van der Waals surface area (Å²) in [5, 5.41) is 20.4. The van der Waals surface area contributed by atoms with Crippen molar-refractivity contribution >= 4 is 29.9 Å². The van der Waals surface area contributed by atoms with Gasteiger partial charge in [-0.15, -0.1) is 24.0 Å². The van der Waals surface area contributed by atoms with Gasteiger partial charge in [0.2, 0.25) is 0 Å². The number of aromatic nitrogens is 3. The molecule has 1 aliphatic heterocycles. The average Bonchev–Trinajstić information content (AvgIpc) is 3.00. The minimum atomic E-state index is 0. The Morgan fingerprint density at radius 2 is 2.28 bits per heavy atom. The molecule has 0 amide bonds. The molecule has 0 saturated carbocycles. The number of hydrogen-bond acceptors (Lipinski definition) is 4. The zero-order valence-electron chi connectivity index (χ0n) is 15.6. The zero-order valence-corrected chi connectivity index (χ0v) is 17.9. The number of guanidine groups is 1. The number of aliphatic hydroxyl groups is 1. The van der Waals surface area contributed by atoms with E-state index < -0.39 is 0 Å². The Labute approximate surface area is 168 Å². The summed E-state index contributed by atoms with van der Waals surface area (Å²) in [7, 11) is 0. The van der Waals surface area contributed by atoms with E-state index in [9.17, 15) is 5.11 Å². The first-order valence-corrected chi connectivity index (χ1v) is 9.14. The van der Waals surface area contributed by atoms with Gasteiger partial charge in [-0.1, -0.05) is 13.8 Å². The number of halogens is 1. The fourth-order valence-electron chi connectivity index (χ4n) is 3.22. The van der Waals surface area contributed by atoms with Crippen LogP contribution in [0.15, 0.2) is 11.3 Å². The van der Waals surface area contributed by atoms with Gasteiger partial charge in [-0.05, 0) is 38.0 Å². The molecule has 2 heterocycles. The molecule has 2 unspecified atom stereocenters. The highest BCUT2D eigenvalue weighted by Crippen LogP contribution is 2.16. The molecule has 0 radical (unpaired) electrons. The van der Waals surface area contributed by atoms with E-state index in [0.29, 0.717) is 17.9 Å². The quantitative estimate of drug-likeness (QED) is 0.311. The predicted octanol–water partition coefficient (Wildman–Crippen LogP) is 1.81. The van der Waals surface area contributed by atoms with Gasteiger partial charge in [0, 0.05) is 32.2 Å². The summed E-state index contributed by atoms with van der Waals surface area (Å²) in [6.45, 7) is 9.15. The van der Waals surface area contributed by atoms with E-state index in [4.69, 9.17) is 4.99 Å². The number of aliphatic imine (C=N–C) groups is 1. The maximum Gasteiger partial charge on any atom is 0.191 e.